The predicted octanol–water partition coefficient (Wildman–Crippen LogP) is 6.96. The third-order valence-electron chi connectivity index (χ3n) is 7.88. The van der Waals surface area contributed by atoms with Crippen molar-refractivity contribution in [3.63, 3.8) is 0 Å². The van der Waals surface area contributed by atoms with Crippen LogP contribution in [0.25, 0.3) is 0 Å². The van der Waals surface area contributed by atoms with Gasteiger partial charge in [-0.1, -0.05) is 17.7 Å². The molecule has 0 aliphatic carbocycles. The first-order valence-corrected chi connectivity index (χ1v) is 14.6. The lowest BCUT2D eigenvalue weighted by Gasteiger charge is -2.25. The van der Waals surface area contributed by atoms with Crippen LogP contribution in [-0.2, 0) is 0 Å². The average molecular weight is 628 g/mol. The minimum Gasteiger partial charge on any atom is -0.406 e. The summed E-state index contributed by atoms with van der Waals surface area (Å²) in [4.78, 5) is 36.6. The summed E-state index contributed by atoms with van der Waals surface area (Å²) in [5.41, 5.74) is 5.30. The molecule has 1 fully saturated rings. The maximum Gasteiger partial charge on any atom is 0.573 e. The summed E-state index contributed by atoms with van der Waals surface area (Å²) in [5.74, 6) is -0.142. The summed E-state index contributed by atoms with van der Waals surface area (Å²) in [7, 11) is 0. The molecule has 0 saturated carbocycles. The molecule has 0 radical (unpaired) electrons. The van der Waals surface area contributed by atoms with Crippen molar-refractivity contribution < 1.29 is 27.5 Å². The predicted molar refractivity (Wildman–Crippen MR) is 163 cm³/mol. The van der Waals surface area contributed by atoms with Gasteiger partial charge in [0.1, 0.15) is 5.75 Å². The van der Waals surface area contributed by atoms with E-state index in [-0.39, 0.29) is 17.6 Å². The van der Waals surface area contributed by atoms with Crippen LogP contribution in [0.2, 0.25) is 5.02 Å². The number of hydrogen-bond donors (Lipinski definition) is 1. The van der Waals surface area contributed by atoms with Crippen LogP contribution in [0.4, 0.5) is 29.3 Å². The Hall–Kier alpha value is -4.09. The Kier molecular flexibility index (Phi) is 9.17. The van der Waals surface area contributed by atoms with Crippen LogP contribution in [-0.4, -0.2) is 65.8 Å². The van der Waals surface area contributed by atoms with Crippen molar-refractivity contribution in [2.45, 2.75) is 33.6 Å². The molecular weight excluding hydrogens is 595 g/mol. The Morgan fingerprint density at radius 3 is 2.48 bits per heavy atom. The molecule has 0 bridgehead atoms. The third-order valence-corrected chi connectivity index (χ3v) is 8.29. The minimum atomic E-state index is -4.80. The van der Waals surface area contributed by atoms with Gasteiger partial charge in [-0.25, -0.2) is 4.79 Å². The molecule has 12 heteroatoms. The second-order valence-corrected chi connectivity index (χ2v) is 11.5. The molecule has 1 aromatic heterocycles. The highest BCUT2D eigenvalue weighted by molar-refractivity contribution is 6.31. The fraction of sp³-hybridized carbons (Fsp3) is 0.344. The molecule has 0 spiro atoms. The van der Waals surface area contributed by atoms with Gasteiger partial charge in [0.2, 0.25) is 0 Å². The fourth-order valence-corrected chi connectivity index (χ4v) is 5.82. The van der Waals surface area contributed by atoms with E-state index >= 15 is 0 Å². The van der Waals surface area contributed by atoms with Gasteiger partial charge >= 0.3 is 12.4 Å². The maximum absolute atomic E-state index is 13.4. The summed E-state index contributed by atoms with van der Waals surface area (Å²) in [6, 6.07) is 11.8. The highest BCUT2D eigenvalue weighted by atomic mass is 35.5. The van der Waals surface area contributed by atoms with Gasteiger partial charge in [0.25, 0.3) is 5.91 Å². The van der Waals surface area contributed by atoms with E-state index in [9.17, 15) is 22.8 Å². The second-order valence-electron chi connectivity index (χ2n) is 11.1. The van der Waals surface area contributed by atoms with Gasteiger partial charge in [-0.15, -0.1) is 13.2 Å². The van der Waals surface area contributed by atoms with Gasteiger partial charge in [0, 0.05) is 67.4 Å². The quantitative estimate of drug-likeness (QED) is 0.292. The lowest BCUT2D eigenvalue weighted by Crippen LogP contribution is -2.37. The van der Waals surface area contributed by atoms with Crippen LogP contribution >= 0.6 is 11.6 Å². The summed E-state index contributed by atoms with van der Waals surface area (Å²) in [6.45, 7) is 8.94. The summed E-state index contributed by atoms with van der Waals surface area (Å²) in [6.07, 6.45) is -0.458. The van der Waals surface area contributed by atoms with Gasteiger partial charge in [-0.05, 0) is 86.4 Å². The Morgan fingerprint density at radius 1 is 1.07 bits per heavy atom. The summed E-state index contributed by atoms with van der Waals surface area (Å²) in [5, 5.41) is 3.27. The van der Waals surface area contributed by atoms with E-state index in [1.807, 2.05) is 45.2 Å². The van der Waals surface area contributed by atoms with Crippen LogP contribution in [0, 0.1) is 26.7 Å². The van der Waals surface area contributed by atoms with Crippen LogP contribution in [0.15, 0.2) is 66.5 Å². The van der Waals surface area contributed by atoms with Crippen molar-refractivity contribution in [1.29, 1.82) is 0 Å². The number of likely N-dealkylation sites (tertiary alicyclic amines) is 1. The molecular formula is C32H33ClF3N5O3. The molecule has 2 aliphatic rings. The smallest absolute Gasteiger partial charge is 0.406 e. The molecule has 2 aromatic carbocycles. The highest BCUT2D eigenvalue weighted by Crippen LogP contribution is 2.32. The number of amides is 3. The Labute approximate surface area is 259 Å². The molecule has 8 nitrogen and oxygen atoms in total. The van der Waals surface area contributed by atoms with Crippen LogP contribution in [0.5, 0.6) is 5.75 Å². The molecule has 3 aromatic rings. The zero-order valence-corrected chi connectivity index (χ0v) is 25.4. The molecule has 3 amide bonds. The van der Waals surface area contributed by atoms with E-state index < -0.39 is 12.4 Å². The first-order valence-electron chi connectivity index (χ1n) is 14.2. The Balaban J connectivity index is 1.20. The van der Waals surface area contributed by atoms with Gasteiger partial charge in [0.05, 0.1) is 11.3 Å². The van der Waals surface area contributed by atoms with E-state index in [1.165, 1.54) is 17.7 Å². The van der Waals surface area contributed by atoms with E-state index in [4.69, 9.17) is 11.6 Å². The number of nitrogens with one attached hydrogen (secondary N) is 1. The van der Waals surface area contributed by atoms with E-state index in [0.29, 0.717) is 41.5 Å². The molecule has 1 N–H and O–H groups in total. The largest absolute Gasteiger partial charge is 0.573 e. The average Bonchev–Trinajstić information content (AvgIpc) is 3.52. The number of hydrogen-bond acceptors (Lipinski definition) is 5. The van der Waals surface area contributed by atoms with Crippen molar-refractivity contribution >= 4 is 34.9 Å². The molecule has 44 heavy (non-hydrogen) atoms. The van der Waals surface area contributed by atoms with Crippen LogP contribution in [0.3, 0.4) is 0 Å². The zero-order chi connectivity index (χ0) is 31.6. The SMILES string of the molecule is Cc1ccc(N(CCCN2CC3=CN(C(=O)c4c(C)ccnc4C)CC3C2)C(=O)Nc2ccc(OC(F)(F)F)cc2)cc1Cl. The summed E-state index contributed by atoms with van der Waals surface area (Å²) < 4.78 is 41.4. The third kappa shape index (κ3) is 7.34. The topological polar surface area (TPSA) is 78.0 Å². The Morgan fingerprint density at radius 2 is 1.82 bits per heavy atom. The number of carbonyl (C=O) groups is 2. The van der Waals surface area contributed by atoms with Gasteiger partial charge in [0.15, 0.2) is 0 Å². The van der Waals surface area contributed by atoms with Gasteiger partial charge < -0.3 is 15.0 Å². The van der Waals surface area contributed by atoms with Crippen LogP contribution < -0.4 is 15.0 Å². The standard InChI is InChI=1S/C32H33ClF3N5O3/c1-20-5-8-26(15-28(20)33)41(31(43)38-25-6-9-27(10-7-25)44-32(34,35)36)14-4-13-39-16-23-18-40(19-24(23)17-39)30(42)29-21(2)11-12-37-22(29)3/h5-12,15,18,24H,4,13-14,16-17,19H2,1-3H3,(H,38,43). The first-order chi connectivity index (χ1) is 20.9. The number of aromatic nitrogens is 1. The van der Waals surface area contributed by atoms with E-state index in [1.54, 1.807) is 22.1 Å². The Bertz CT molecular complexity index is 1560. The normalized spacial score (nSPS) is 16.5. The number of halogens is 4. The monoisotopic (exact) mass is 627 g/mol. The maximum atomic E-state index is 13.4. The van der Waals surface area contributed by atoms with E-state index in [0.717, 1.165) is 48.6 Å². The lowest BCUT2D eigenvalue weighted by atomic mass is 10.1. The number of anilines is 2. The molecule has 1 unspecified atom stereocenters. The number of rotatable bonds is 8. The molecule has 1 atom stereocenters. The van der Waals surface area contributed by atoms with Crippen LogP contribution in [0.1, 0.15) is 33.6 Å². The van der Waals surface area contributed by atoms with E-state index in [2.05, 4.69) is 19.9 Å². The second kappa shape index (κ2) is 12.9. The minimum absolute atomic E-state index is 0.0255. The number of pyridine rings is 1. The molecule has 1 saturated heterocycles. The van der Waals surface area contributed by atoms with Crippen molar-refractivity contribution in [2.75, 3.05) is 42.9 Å². The number of benzene rings is 2. The number of nitrogens with zero attached hydrogens (tertiary/aromatic N) is 4. The number of fused-ring (bicyclic) bond motifs is 1. The highest BCUT2D eigenvalue weighted by Gasteiger charge is 2.36. The lowest BCUT2D eigenvalue weighted by molar-refractivity contribution is -0.274. The zero-order valence-electron chi connectivity index (χ0n) is 24.6. The molecule has 5 rings (SSSR count). The number of urea groups is 1. The number of alkyl halides is 3. The van der Waals surface area contributed by atoms with Crippen molar-refractivity contribution in [3.8, 4) is 5.75 Å². The first kappa shape index (κ1) is 31.3. The number of ether oxygens (including phenoxy) is 1. The van der Waals surface area contributed by atoms with Gasteiger partial charge in [-0.3, -0.25) is 19.6 Å². The molecule has 232 valence electrons. The van der Waals surface area contributed by atoms with Gasteiger partial charge in [-0.2, -0.15) is 0 Å². The fourth-order valence-electron chi connectivity index (χ4n) is 5.65. The summed E-state index contributed by atoms with van der Waals surface area (Å²) >= 11 is 6.37. The molecule has 3 heterocycles. The molecule has 2 aliphatic heterocycles. The van der Waals surface area contributed by atoms with Crippen molar-refractivity contribution in [1.82, 2.24) is 14.8 Å². The number of aryl methyl sites for hydroxylation is 3. The van der Waals surface area contributed by atoms with Crippen molar-refractivity contribution in [2.24, 2.45) is 5.92 Å². The number of carbonyl (C=O) groups excluding carboxylic acids is 2. The van der Waals surface area contributed by atoms with Crippen molar-refractivity contribution in [3.05, 3.63) is 93.9 Å².